The highest BCUT2D eigenvalue weighted by atomic mass is 16.1. The molecule has 0 aromatic heterocycles. The summed E-state index contributed by atoms with van der Waals surface area (Å²) in [7, 11) is 0. The van der Waals surface area contributed by atoms with Gasteiger partial charge in [-0.25, -0.2) is 0 Å². The van der Waals surface area contributed by atoms with Crippen LogP contribution < -0.4 is 0 Å². The van der Waals surface area contributed by atoms with Crippen molar-refractivity contribution in [2.45, 2.75) is 26.2 Å². The topological polar surface area (TPSA) is 17.1 Å². The first kappa shape index (κ1) is 9.15. The molecule has 0 aromatic carbocycles. The minimum absolute atomic E-state index is 0.809. The Hall–Kier alpha value is -0.850. The third-order valence-corrected chi connectivity index (χ3v) is 1.12. The molecule has 0 aliphatic heterocycles. The van der Waals surface area contributed by atoms with E-state index in [9.17, 15) is 4.79 Å². The zero-order chi connectivity index (χ0) is 7.66. The molecule has 0 fully saturated rings. The maximum Gasteiger partial charge on any atom is 0.142 e. The monoisotopic (exact) mass is 138 g/mol. The van der Waals surface area contributed by atoms with E-state index in [-0.39, 0.29) is 0 Å². The molecule has 0 saturated carbocycles. The van der Waals surface area contributed by atoms with Gasteiger partial charge in [0.25, 0.3) is 0 Å². The normalized spacial score (nSPS) is 11.3. The van der Waals surface area contributed by atoms with Crippen molar-refractivity contribution in [3.63, 3.8) is 0 Å². The maximum atomic E-state index is 9.79. The predicted octanol–water partition coefficient (Wildman–Crippen LogP) is 2.49. The first-order chi connectivity index (χ1) is 4.91. The third kappa shape index (κ3) is 7.15. The Morgan fingerprint density at radius 2 is 1.80 bits per heavy atom. The molecule has 10 heavy (non-hydrogen) atoms. The second-order valence-electron chi connectivity index (χ2n) is 2.02. The number of hydrogen-bond acceptors (Lipinski definition) is 1. The number of carbonyl (C=O) groups is 1. The Bertz CT molecular complexity index is 123. The van der Waals surface area contributed by atoms with E-state index in [0.717, 1.165) is 25.5 Å². The number of aldehydes is 1. The number of rotatable bonds is 5. The van der Waals surface area contributed by atoms with Crippen molar-refractivity contribution in [2.24, 2.45) is 0 Å². The molecule has 0 N–H and O–H groups in total. The lowest BCUT2D eigenvalue weighted by Crippen LogP contribution is -1.65. The summed E-state index contributed by atoms with van der Waals surface area (Å²) < 4.78 is 0. The maximum absolute atomic E-state index is 9.79. The third-order valence-electron chi connectivity index (χ3n) is 1.12. The van der Waals surface area contributed by atoms with Crippen LogP contribution >= 0.6 is 0 Å². The molecule has 0 spiro atoms. The van der Waals surface area contributed by atoms with Crippen LogP contribution in [-0.4, -0.2) is 6.29 Å². The summed E-state index contributed by atoms with van der Waals surface area (Å²) in [5.74, 6) is 0. The number of hydrogen-bond donors (Lipinski definition) is 0. The van der Waals surface area contributed by atoms with Crippen LogP contribution in [0.1, 0.15) is 26.2 Å². The SMILES string of the molecule is CCC=CCC/C=C\C=O. The Labute approximate surface area is 62.4 Å². The molecule has 0 aromatic rings. The average molecular weight is 138 g/mol. The van der Waals surface area contributed by atoms with E-state index in [1.807, 2.05) is 6.08 Å². The highest BCUT2D eigenvalue weighted by molar-refractivity contribution is 5.64. The second-order valence-corrected chi connectivity index (χ2v) is 2.02. The zero-order valence-corrected chi connectivity index (χ0v) is 6.42. The van der Waals surface area contributed by atoms with E-state index in [1.165, 1.54) is 0 Å². The summed E-state index contributed by atoms with van der Waals surface area (Å²) in [6.45, 7) is 2.11. The van der Waals surface area contributed by atoms with Gasteiger partial charge in [0.1, 0.15) is 6.29 Å². The Balaban J connectivity index is 3.11. The molecule has 56 valence electrons. The molecule has 0 unspecified atom stereocenters. The standard InChI is InChI=1S/C9H14O/c1-2-3-4-5-6-7-8-9-10/h3-4,7-9H,2,5-6H2,1H3/b4-3?,8-7-. The van der Waals surface area contributed by atoms with Gasteiger partial charge in [0.05, 0.1) is 0 Å². The molecule has 0 saturated heterocycles. The first-order valence-corrected chi connectivity index (χ1v) is 3.67. The lowest BCUT2D eigenvalue weighted by atomic mass is 10.2. The fourth-order valence-electron chi connectivity index (χ4n) is 0.629. The minimum atomic E-state index is 0.809. The van der Waals surface area contributed by atoms with Crippen LogP contribution in [-0.2, 0) is 4.79 Å². The highest BCUT2D eigenvalue weighted by Crippen LogP contribution is 1.92. The van der Waals surface area contributed by atoms with Crippen LogP contribution in [0.25, 0.3) is 0 Å². The molecule has 0 aliphatic carbocycles. The van der Waals surface area contributed by atoms with Gasteiger partial charge in [0.15, 0.2) is 0 Å². The van der Waals surface area contributed by atoms with Crippen molar-refractivity contribution < 1.29 is 4.79 Å². The summed E-state index contributed by atoms with van der Waals surface area (Å²) in [5.41, 5.74) is 0. The van der Waals surface area contributed by atoms with Crippen LogP contribution in [0.3, 0.4) is 0 Å². The van der Waals surface area contributed by atoms with Crippen molar-refractivity contribution in [3.8, 4) is 0 Å². The molecular formula is C9H14O. The van der Waals surface area contributed by atoms with Crippen molar-refractivity contribution in [1.82, 2.24) is 0 Å². The van der Waals surface area contributed by atoms with Gasteiger partial charge < -0.3 is 0 Å². The van der Waals surface area contributed by atoms with Crippen LogP contribution in [0.15, 0.2) is 24.3 Å². The van der Waals surface area contributed by atoms with Crippen molar-refractivity contribution in [1.29, 1.82) is 0 Å². The average Bonchev–Trinajstić information content (AvgIpc) is 1.97. The lowest BCUT2D eigenvalue weighted by molar-refractivity contribution is -0.104. The van der Waals surface area contributed by atoms with Gasteiger partial charge >= 0.3 is 0 Å². The lowest BCUT2D eigenvalue weighted by Gasteiger charge is -1.83. The van der Waals surface area contributed by atoms with E-state index in [0.29, 0.717) is 0 Å². The predicted molar refractivity (Wildman–Crippen MR) is 43.9 cm³/mol. The van der Waals surface area contributed by atoms with Crippen molar-refractivity contribution in [3.05, 3.63) is 24.3 Å². The number of carbonyl (C=O) groups excluding carboxylic acids is 1. The fourth-order valence-corrected chi connectivity index (χ4v) is 0.629. The highest BCUT2D eigenvalue weighted by Gasteiger charge is 1.73. The molecule has 0 atom stereocenters. The van der Waals surface area contributed by atoms with Crippen LogP contribution in [0.4, 0.5) is 0 Å². The summed E-state index contributed by atoms with van der Waals surface area (Å²) in [4.78, 5) is 9.79. The number of unbranched alkanes of at least 4 members (excludes halogenated alkanes) is 1. The molecule has 0 heterocycles. The Kier molecular flexibility index (Phi) is 7.46. The van der Waals surface area contributed by atoms with Gasteiger partial charge in [0.2, 0.25) is 0 Å². The Morgan fingerprint density at radius 3 is 2.40 bits per heavy atom. The van der Waals surface area contributed by atoms with E-state index in [4.69, 9.17) is 0 Å². The quantitative estimate of drug-likeness (QED) is 0.247. The molecule has 0 radical (unpaired) electrons. The number of allylic oxidation sites excluding steroid dienone is 4. The molecule has 0 amide bonds. The van der Waals surface area contributed by atoms with E-state index < -0.39 is 0 Å². The van der Waals surface area contributed by atoms with Gasteiger partial charge in [0, 0.05) is 0 Å². The van der Waals surface area contributed by atoms with E-state index >= 15 is 0 Å². The van der Waals surface area contributed by atoms with E-state index in [1.54, 1.807) is 6.08 Å². The van der Waals surface area contributed by atoms with Crippen LogP contribution in [0.2, 0.25) is 0 Å². The van der Waals surface area contributed by atoms with Gasteiger partial charge in [-0.1, -0.05) is 25.2 Å². The molecule has 0 bridgehead atoms. The fraction of sp³-hybridized carbons (Fsp3) is 0.444. The minimum Gasteiger partial charge on any atom is -0.299 e. The second kappa shape index (κ2) is 8.15. The molecule has 0 aliphatic rings. The summed E-state index contributed by atoms with van der Waals surface area (Å²) in [6.07, 6.45) is 11.6. The first-order valence-electron chi connectivity index (χ1n) is 3.67. The van der Waals surface area contributed by atoms with Crippen LogP contribution in [0.5, 0.6) is 0 Å². The van der Waals surface area contributed by atoms with Gasteiger partial charge in [-0.15, -0.1) is 0 Å². The summed E-state index contributed by atoms with van der Waals surface area (Å²) >= 11 is 0. The summed E-state index contributed by atoms with van der Waals surface area (Å²) in [5, 5.41) is 0. The smallest absolute Gasteiger partial charge is 0.142 e. The van der Waals surface area contributed by atoms with Gasteiger partial charge in [-0.2, -0.15) is 0 Å². The van der Waals surface area contributed by atoms with E-state index in [2.05, 4.69) is 19.1 Å². The van der Waals surface area contributed by atoms with Crippen LogP contribution in [0, 0.1) is 0 Å². The molecular weight excluding hydrogens is 124 g/mol. The molecule has 1 nitrogen and oxygen atoms in total. The summed E-state index contributed by atoms with van der Waals surface area (Å²) in [6, 6.07) is 0. The largest absolute Gasteiger partial charge is 0.299 e. The molecule has 0 rings (SSSR count). The Morgan fingerprint density at radius 1 is 1.10 bits per heavy atom. The molecule has 1 heteroatoms. The zero-order valence-electron chi connectivity index (χ0n) is 6.42. The van der Waals surface area contributed by atoms with Crippen molar-refractivity contribution >= 4 is 6.29 Å². The van der Waals surface area contributed by atoms with Gasteiger partial charge in [-0.05, 0) is 25.3 Å². The van der Waals surface area contributed by atoms with Crippen molar-refractivity contribution in [2.75, 3.05) is 0 Å². The van der Waals surface area contributed by atoms with Gasteiger partial charge in [-0.3, -0.25) is 4.79 Å².